The van der Waals surface area contributed by atoms with Gasteiger partial charge in [0, 0.05) is 44.4 Å². The Morgan fingerprint density at radius 1 is 0.688 bits per heavy atom. The maximum Gasteiger partial charge on any atom is 0.243 e. The molecule has 2 unspecified atom stereocenters. The molecule has 0 bridgehead atoms. The van der Waals surface area contributed by atoms with Crippen LogP contribution in [0.15, 0.2) is 77.8 Å². The van der Waals surface area contributed by atoms with Crippen molar-refractivity contribution in [1.82, 2.24) is 17.5 Å². The second kappa shape index (κ2) is 11.5. The summed E-state index contributed by atoms with van der Waals surface area (Å²) in [5.74, 6) is -1.10. The number of carbonyl (C=O) groups excluding carboxylic acids is 2. The minimum atomic E-state index is -0.446. The predicted octanol–water partition coefficient (Wildman–Crippen LogP) is 9.70. The number of anilines is 3. The van der Waals surface area contributed by atoms with Crippen molar-refractivity contribution in [2.75, 3.05) is 4.90 Å². The lowest BCUT2D eigenvalue weighted by Crippen LogP contribution is -2.21. The average molecular weight is 685 g/mol. The highest BCUT2D eigenvalue weighted by atomic mass is 32.1. The molecule has 11 heteroatoms. The molecule has 9 rings (SSSR count). The van der Waals surface area contributed by atoms with Gasteiger partial charge in [0.05, 0.1) is 34.9 Å². The summed E-state index contributed by atoms with van der Waals surface area (Å²) in [6, 6.07) is 25.6. The lowest BCUT2D eigenvalue weighted by atomic mass is 9.81. The van der Waals surface area contributed by atoms with Crippen molar-refractivity contribution in [1.29, 1.82) is 0 Å². The first kappa shape index (κ1) is 29.4. The fourth-order valence-corrected chi connectivity index (χ4v) is 9.40. The normalized spacial score (nSPS) is 18.8. The molecule has 3 aromatic heterocycles. The van der Waals surface area contributed by atoms with Crippen molar-refractivity contribution >= 4 is 107 Å². The molecule has 0 spiro atoms. The zero-order chi connectivity index (χ0) is 32.5. The van der Waals surface area contributed by atoms with Gasteiger partial charge in [-0.25, -0.2) is 4.99 Å². The number of nitrogens with zero attached hydrogens (tertiary/aromatic N) is 6. The van der Waals surface area contributed by atoms with Crippen LogP contribution >= 0.6 is 34.8 Å². The van der Waals surface area contributed by atoms with Crippen molar-refractivity contribution < 1.29 is 9.59 Å². The van der Waals surface area contributed by atoms with Crippen LogP contribution in [0.1, 0.15) is 36.8 Å². The van der Waals surface area contributed by atoms with E-state index in [1.165, 1.54) is 22.9 Å². The summed E-state index contributed by atoms with van der Waals surface area (Å²) in [6.45, 7) is 4.20. The van der Waals surface area contributed by atoms with Crippen LogP contribution in [0.2, 0.25) is 0 Å². The number of carbonyl (C=O) groups is 2. The van der Waals surface area contributed by atoms with E-state index in [1.54, 1.807) is 11.3 Å². The van der Waals surface area contributed by atoms with E-state index in [2.05, 4.69) is 89.9 Å². The second-order valence-corrected chi connectivity index (χ2v) is 14.8. The first-order chi connectivity index (χ1) is 23.4. The number of Topliss-reactive ketones (excluding diaryl/α,β-unsaturated/α-hetero) is 2. The smallest absolute Gasteiger partial charge is 0.243 e. The van der Waals surface area contributed by atoms with E-state index in [9.17, 15) is 9.59 Å². The van der Waals surface area contributed by atoms with Crippen LogP contribution in [-0.2, 0) is 9.59 Å². The van der Waals surface area contributed by atoms with E-state index >= 15 is 0 Å². The van der Waals surface area contributed by atoms with Crippen LogP contribution in [-0.4, -0.2) is 34.8 Å². The van der Waals surface area contributed by atoms with Gasteiger partial charge in [-0.2, -0.15) is 17.5 Å². The summed E-state index contributed by atoms with van der Waals surface area (Å²) >= 11 is 3.99. The Kier molecular flexibility index (Phi) is 7.03. The van der Waals surface area contributed by atoms with Crippen LogP contribution < -0.4 is 4.90 Å². The molecule has 2 fully saturated rings. The lowest BCUT2D eigenvalue weighted by molar-refractivity contribution is -0.134. The van der Waals surface area contributed by atoms with Gasteiger partial charge in [0.25, 0.3) is 0 Å². The standard InChI is InChI=1S/C37H28N6O2S3/c1-19-7-11-21(12-8-19)43(22-13-9-20(2)10-14-22)30-16-15-29(46-30)27-17-25-26(31-33(27)41-47-39-31)18-28(35-32(25)40-48-42-35)38-34-23-5-3-4-6-24(23)36(44)37(34)45/h7-18,23-24H,3-6H2,1-2H3. The van der Waals surface area contributed by atoms with Gasteiger partial charge in [-0.05, 0) is 75.2 Å². The molecule has 3 heterocycles. The van der Waals surface area contributed by atoms with Crippen LogP contribution in [0.25, 0.3) is 43.3 Å². The minimum Gasteiger partial charge on any atom is -0.302 e. The summed E-state index contributed by atoms with van der Waals surface area (Å²) in [5, 5.41) is 2.85. The summed E-state index contributed by atoms with van der Waals surface area (Å²) < 4.78 is 18.9. The first-order valence-electron chi connectivity index (χ1n) is 16.0. The van der Waals surface area contributed by atoms with Crippen LogP contribution in [0, 0.1) is 25.7 Å². The SMILES string of the molecule is Cc1ccc(N(c2ccc(C)cc2)c2ccc(-c3cc4c(cc(N=C5C(=O)C(=O)C6CCCCC56)c5nsnc54)c4nsnc34)s2)cc1. The molecule has 7 aromatic rings. The van der Waals surface area contributed by atoms with Crippen molar-refractivity contribution in [3.8, 4) is 10.4 Å². The van der Waals surface area contributed by atoms with E-state index in [0.29, 0.717) is 22.4 Å². The number of hydrogen-bond acceptors (Lipinski definition) is 11. The number of rotatable bonds is 5. The highest BCUT2D eigenvalue weighted by Gasteiger charge is 2.47. The monoisotopic (exact) mass is 684 g/mol. The van der Waals surface area contributed by atoms with E-state index < -0.39 is 5.78 Å². The van der Waals surface area contributed by atoms with Crippen LogP contribution in [0.4, 0.5) is 22.1 Å². The minimum absolute atomic E-state index is 0.119. The van der Waals surface area contributed by atoms with E-state index in [4.69, 9.17) is 18.1 Å². The molecule has 0 radical (unpaired) electrons. The van der Waals surface area contributed by atoms with Gasteiger partial charge in [-0.1, -0.05) is 48.2 Å². The van der Waals surface area contributed by atoms with Gasteiger partial charge >= 0.3 is 0 Å². The molecule has 48 heavy (non-hydrogen) atoms. The number of aliphatic imine (C=N–C) groups is 1. The quantitative estimate of drug-likeness (QED) is 0.166. The molecule has 0 amide bonds. The second-order valence-electron chi connectivity index (χ2n) is 12.7. The predicted molar refractivity (Wildman–Crippen MR) is 196 cm³/mol. The molecular formula is C37H28N6O2S3. The summed E-state index contributed by atoms with van der Waals surface area (Å²) in [7, 11) is 0. The summed E-state index contributed by atoms with van der Waals surface area (Å²) in [6.07, 6.45) is 3.54. The molecule has 2 saturated carbocycles. The topological polar surface area (TPSA) is 101 Å². The number of thiophene rings is 1. The van der Waals surface area contributed by atoms with Gasteiger partial charge in [-0.3, -0.25) is 9.59 Å². The Morgan fingerprint density at radius 2 is 1.27 bits per heavy atom. The molecule has 2 aliphatic rings. The Bertz CT molecular complexity index is 2400. The molecule has 0 saturated heterocycles. The number of aromatic nitrogens is 4. The van der Waals surface area contributed by atoms with Gasteiger partial charge < -0.3 is 4.90 Å². The summed E-state index contributed by atoms with van der Waals surface area (Å²) in [5.41, 5.74) is 9.41. The molecule has 2 aliphatic carbocycles. The van der Waals surface area contributed by atoms with Crippen molar-refractivity contribution in [2.24, 2.45) is 16.8 Å². The van der Waals surface area contributed by atoms with Gasteiger partial charge in [0.2, 0.25) is 11.6 Å². The highest BCUT2D eigenvalue weighted by Crippen LogP contribution is 2.46. The number of fused-ring (bicyclic) bond motifs is 6. The third-order valence-electron chi connectivity index (χ3n) is 9.66. The largest absolute Gasteiger partial charge is 0.302 e. The lowest BCUT2D eigenvalue weighted by Gasteiger charge is -2.24. The van der Waals surface area contributed by atoms with Crippen LogP contribution in [0.3, 0.4) is 0 Å². The average Bonchev–Trinajstić information content (AvgIpc) is 3.92. The van der Waals surface area contributed by atoms with Gasteiger partial charge in [0.15, 0.2) is 0 Å². The van der Waals surface area contributed by atoms with Gasteiger partial charge in [-0.15, -0.1) is 11.3 Å². The number of hydrogen-bond donors (Lipinski definition) is 0. The maximum absolute atomic E-state index is 13.1. The number of ketones is 2. The fourth-order valence-electron chi connectivity index (χ4n) is 7.20. The molecule has 8 nitrogen and oxygen atoms in total. The zero-order valence-electron chi connectivity index (χ0n) is 26.1. The van der Waals surface area contributed by atoms with E-state index in [1.807, 2.05) is 6.07 Å². The molecule has 0 aliphatic heterocycles. The molecule has 4 aromatic carbocycles. The van der Waals surface area contributed by atoms with E-state index in [-0.39, 0.29) is 17.6 Å². The van der Waals surface area contributed by atoms with Crippen LogP contribution in [0.5, 0.6) is 0 Å². The number of benzene rings is 4. The van der Waals surface area contributed by atoms with E-state index in [0.717, 1.165) is 86.0 Å². The summed E-state index contributed by atoms with van der Waals surface area (Å²) in [4.78, 5) is 34.2. The molecular weight excluding hydrogens is 657 g/mol. The maximum atomic E-state index is 13.1. The Morgan fingerprint density at radius 3 is 1.96 bits per heavy atom. The molecule has 2 atom stereocenters. The van der Waals surface area contributed by atoms with Crippen molar-refractivity contribution in [3.63, 3.8) is 0 Å². The molecule has 0 N–H and O–H groups in total. The fraction of sp³-hybridized carbons (Fsp3) is 0.216. The Balaban J connectivity index is 1.19. The third-order valence-corrected chi connectivity index (χ3v) is 11.8. The first-order valence-corrected chi connectivity index (χ1v) is 18.3. The Hall–Kier alpha value is -4.71. The van der Waals surface area contributed by atoms with Gasteiger partial charge in [0.1, 0.15) is 27.1 Å². The zero-order valence-corrected chi connectivity index (χ0v) is 28.6. The third kappa shape index (κ3) is 4.71. The van der Waals surface area contributed by atoms with Crippen molar-refractivity contribution in [3.05, 3.63) is 83.9 Å². The number of aryl methyl sites for hydroxylation is 2. The Labute approximate surface area is 288 Å². The van der Waals surface area contributed by atoms with Crippen molar-refractivity contribution in [2.45, 2.75) is 39.5 Å². The molecule has 236 valence electrons. The highest BCUT2D eigenvalue weighted by molar-refractivity contribution is 7.19.